The first-order valence-corrected chi connectivity index (χ1v) is 6.12. The van der Waals surface area contributed by atoms with Crippen LogP contribution in [-0.4, -0.2) is 15.0 Å². The summed E-state index contributed by atoms with van der Waals surface area (Å²) >= 11 is 1.64. The van der Waals surface area contributed by atoms with Gasteiger partial charge in [-0.05, 0) is 18.2 Å². The van der Waals surface area contributed by atoms with Gasteiger partial charge in [0, 0.05) is 17.8 Å². The highest BCUT2D eigenvalue weighted by molar-refractivity contribution is 7.25. The molecule has 3 heterocycles. The Bertz CT molecular complexity index is 845. The van der Waals surface area contributed by atoms with Crippen LogP contribution in [0.1, 0.15) is 0 Å². The molecule has 0 fully saturated rings. The minimum absolute atomic E-state index is 0.941. The largest absolute Gasteiger partial charge is 0.263 e. The van der Waals surface area contributed by atoms with Crippen molar-refractivity contribution in [2.24, 2.45) is 0 Å². The molecular weight excluding hydrogens is 230 g/mol. The lowest BCUT2D eigenvalue weighted by atomic mass is 10.2. The van der Waals surface area contributed by atoms with Crippen LogP contribution in [-0.2, 0) is 0 Å². The zero-order chi connectivity index (χ0) is 11.2. The predicted octanol–water partition coefficient (Wildman–Crippen LogP) is 3.39. The summed E-state index contributed by atoms with van der Waals surface area (Å²) in [6.07, 6.45) is 3.67. The summed E-state index contributed by atoms with van der Waals surface area (Å²) in [6, 6.07) is 9.95. The van der Waals surface area contributed by atoms with E-state index in [9.17, 15) is 0 Å². The van der Waals surface area contributed by atoms with Gasteiger partial charge in [0.25, 0.3) is 0 Å². The van der Waals surface area contributed by atoms with Crippen LogP contribution in [0, 0.1) is 0 Å². The third kappa shape index (κ3) is 1.24. The van der Waals surface area contributed by atoms with Gasteiger partial charge in [0.15, 0.2) is 0 Å². The van der Waals surface area contributed by atoms with Gasteiger partial charge in [-0.3, -0.25) is 4.98 Å². The van der Waals surface area contributed by atoms with Crippen LogP contribution in [0.25, 0.3) is 31.5 Å². The fraction of sp³-hybridized carbons (Fsp3) is 0. The number of aromatic nitrogens is 3. The molecule has 17 heavy (non-hydrogen) atoms. The number of nitrogens with zero attached hydrogens (tertiary/aromatic N) is 3. The number of thiophene rings is 1. The standard InChI is InChI=1S/C13H7N3S/c1-2-4-10-9(3-1)15-12-8-5-6-14-7-11(8)17-13(12)16-10/h1-7H. The van der Waals surface area contributed by atoms with E-state index in [1.807, 2.05) is 36.5 Å². The minimum atomic E-state index is 0.941. The highest BCUT2D eigenvalue weighted by Gasteiger charge is 2.08. The Kier molecular flexibility index (Phi) is 1.70. The van der Waals surface area contributed by atoms with Crippen molar-refractivity contribution in [3.63, 3.8) is 0 Å². The molecule has 0 aliphatic heterocycles. The molecule has 4 aromatic rings. The Hall–Kier alpha value is -2.07. The van der Waals surface area contributed by atoms with Gasteiger partial charge in [-0.2, -0.15) is 0 Å². The Labute approximate surface area is 101 Å². The number of fused-ring (bicyclic) bond motifs is 4. The number of pyridine rings is 1. The van der Waals surface area contributed by atoms with Crippen LogP contribution in [0.2, 0.25) is 0 Å². The summed E-state index contributed by atoms with van der Waals surface area (Å²) in [4.78, 5) is 14.4. The summed E-state index contributed by atoms with van der Waals surface area (Å²) < 4.78 is 1.14. The number of para-hydroxylation sites is 2. The van der Waals surface area contributed by atoms with Crippen LogP contribution in [0.15, 0.2) is 42.7 Å². The highest BCUT2D eigenvalue weighted by atomic mass is 32.1. The van der Waals surface area contributed by atoms with Crippen LogP contribution in [0.3, 0.4) is 0 Å². The van der Waals surface area contributed by atoms with Crippen molar-refractivity contribution in [2.75, 3.05) is 0 Å². The van der Waals surface area contributed by atoms with Gasteiger partial charge in [-0.1, -0.05) is 12.1 Å². The molecule has 0 aliphatic carbocycles. The lowest BCUT2D eigenvalue weighted by molar-refractivity contribution is 1.37. The van der Waals surface area contributed by atoms with Gasteiger partial charge < -0.3 is 0 Å². The maximum atomic E-state index is 4.69. The van der Waals surface area contributed by atoms with Crippen LogP contribution >= 0.6 is 11.3 Å². The molecule has 80 valence electrons. The quantitative estimate of drug-likeness (QED) is 0.470. The molecule has 0 N–H and O–H groups in total. The summed E-state index contributed by atoms with van der Waals surface area (Å²) in [7, 11) is 0. The van der Waals surface area contributed by atoms with E-state index < -0.39 is 0 Å². The fourth-order valence-corrected chi connectivity index (χ4v) is 2.98. The molecule has 0 saturated heterocycles. The monoisotopic (exact) mass is 237 g/mol. The Balaban J connectivity index is 2.28. The number of hydrogen-bond donors (Lipinski definition) is 0. The minimum Gasteiger partial charge on any atom is -0.263 e. The fourth-order valence-electron chi connectivity index (χ4n) is 1.99. The van der Waals surface area contributed by atoms with Crippen molar-refractivity contribution in [2.45, 2.75) is 0 Å². The molecule has 3 nitrogen and oxygen atoms in total. The lowest BCUT2D eigenvalue weighted by Gasteiger charge is -1.95. The number of benzene rings is 1. The Morgan fingerprint density at radius 3 is 2.65 bits per heavy atom. The zero-order valence-electron chi connectivity index (χ0n) is 8.79. The van der Waals surface area contributed by atoms with Gasteiger partial charge in [0.05, 0.1) is 15.7 Å². The molecule has 4 rings (SSSR count). The third-order valence-electron chi connectivity index (χ3n) is 2.78. The molecule has 0 bridgehead atoms. The molecule has 0 aliphatic rings. The van der Waals surface area contributed by atoms with E-state index in [1.165, 1.54) is 0 Å². The van der Waals surface area contributed by atoms with Gasteiger partial charge in [0.2, 0.25) is 0 Å². The van der Waals surface area contributed by atoms with Crippen molar-refractivity contribution in [3.8, 4) is 0 Å². The molecule has 1 aromatic carbocycles. The van der Waals surface area contributed by atoms with E-state index in [4.69, 9.17) is 0 Å². The SMILES string of the molecule is c1ccc2nc3c(nc2c1)sc1cnccc13. The first kappa shape index (κ1) is 9.01. The Morgan fingerprint density at radius 2 is 1.76 bits per heavy atom. The molecule has 0 saturated carbocycles. The van der Waals surface area contributed by atoms with Crippen LogP contribution < -0.4 is 0 Å². The summed E-state index contributed by atoms with van der Waals surface area (Å²) in [5.74, 6) is 0. The van der Waals surface area contributed by atoms with Crippen LogP contribution in [0.4, 0.5) is 0 Å². The van der Waals surface area contributed by atoms with Crippen molar-refractivity contribution in [3.05, 3.63) is 42.7 Å². The number of rotatable bonds is 0. The van der Waals surface area contributed by atoms with E-state index in [2.05, 4.69) is 15.0 Å². The van der Waals surface area contributed by atoms with Gasteiger partial charge in [0.1, 0.15) is 10.3 Å². The van der Waals surface area contributed by atoms with Gasteiger partial charge >= 0.3 is 0 Å². The molecular formula is C13H7N3S. The first-order chi connectivity index (χ1) is 8.42. The normalized spacial score (nSPS) is 11.5. The average Bonchev–Trinajstić information content (AvgIpc) is 2.73. The van der Waals surface area contributed by atoms with E-state index >= 15 is 0 Å². The lowest BCUT2D eigenvalue weighted by Crippen LogP contribution is -1.83. The summed E-state index contributed by atoms with van der Waals surface area (Å²) in [6.45, 7) is 0. The topological polar surface area (TPSA) is 38.7 Å². The van der Waals surface area contributed by atoms with Crippen LogP contribution in [0.5, 0.6) is 0 Å². The zero-order valence-corrected chi connectivity index (χ0v) is 9.61. The van der Waals surface area contributed by atoms with E-state index in [0.29, 0.717) is 0 Å². The molecule has 0 radical (unpaired) electrons. The molecule has 0 amide bonds. The Morgan fingerprint density at radius 1 is 0.941 bits per heavy atom. The highest BCUT2D eigenvalue weighted by Crippen LogP contribution is 2.31. The molecule has 4 heteroatoms. The summed E-state index contributed by atoms with van der Waals surface area (Å²) in [5, 5.41) is 1.14. The maximum absolute atomic E-state index is 4.69. The average molecular weight is 237 g/mol. The second-order valence-electron chi connectivity index (χ2n) is 3.84. The van der Waals surface area contributed by atoms with Crippen molar-refractivity contribution < 1.29 is 0 Å². The van der Waals surface area contributed by atoms with Crippen molar-refractivity contribution in [1.82, 2.24) is 15.0 Å². The molecule has 3 aromatic heterocycles. The third-order valence-corrected chi connectivity index (χ3v) is 3.81. The second kappa shape index (κ2) is 3.21. The van der Waals surface area contributed by atoms with E-state index in [-0.39, 0.29) is 0 Å². The van der Waals surface area contributed by atoms with E-state index in [1.54, 1.807) is 17.5 Å². The maximum Gasteiger partial charge on any atom is 0.143 e. The smallest absolute Gasteiger partial charge is 0.143 e. The molecule has 0 atom stereocenters. The van der Waals surface area contributed by atoms with Crippen molar-refractivity contribution >= 4 is 42.8 Å². The van der Waals surface area contributed by atoms with E-state index in [0.717, 1.165) is 31.5 Å². The van der Waals surface area contributed by atoms with Gasteiger partial charge in [-0.15, -0.1) is 11.3 Å². The predicted molar refractivity (Wildman–Crippen MR) is 70.2 cm³/mol. The summed E-state index contributed by atoms with van der Waals surface area (Å²) in [5.41, 5.74) is 2.86. The molecule has 0 spiro atoms. The van der Waals surface area contributed by atoms with Gasteiger partial charge in [-0.25, -0.2) is 9.97 Å². The number of hydrogen-bond acceptors (Lipinski definition) is 4. The molecule has 0 unspecified atom stereocenters. The van der Waals surface area contributed by atoms with Crippen molar-refractivity contribution in [1.29, 1.82) is 0 Å². The first-order valence-electron chi connectivity index (χ1n) is 5.31. The second-order valence-corrected chi connectivity index (χ2v) is 4.87.